The molecular weight excluding hydrogens is 523 g/mol. The van der Waals surface area contributed by atoms with Gasteiger partial charge < -0.3 is 0 Å². The summed E-state index contributed by atoms with van der Waals surface area (Å²) in [6.07, 6.45) is 8.76. The van der Waals surface area contributed by atoms with Gasteiger partial charge in [-0.1, -0.05) is 0 Å². The monoisotopic (exact) mass is 564 g/mol. The summed E-state index contributed by atoms with van der Waals surface area (Å²) in [4.78, 5) is 27.7. The molecule has 0 saturated carbocycles. The van der Waals surface area contributed by atoms with E-state index in [1.54, 1.807) is 6.92 Å². The average molecular weight is 563 g/mol. The predicted molar refractivity (Wildman–Crippen MR) is 137 cm³/mol. The molecule has 0 aliphatic heterocycles. The number of nitrogens with one attached hydrogen (secondary N) is 1. The second kappa shape index (κ2) is 13.7. The van der Waals surface area contributed by atoms with Crippen molar-refractivity contribution < 1.29 is 9.72 Å². The van der Waals surface area contributed by atoms with E-state index in [1.807, 2.05) is 12.1 Å². The van der Waals surface area contributed by atoms with Crippen molar-refractivity contribution in [3.8, 4) is 0 Å². The van der Waals surface area contributed by atoms with Crippen molar-refractivity contribution in [3.63, 3.8) is 0 Å². The number of amides is 1. The molecule has 0 saturated heterocycles. The molecule has 0 fully saturated rings. The van der Waals surface area contributed by atoms with Gasteiger partial charge in [0.2, 0.25) is 0 Å². The van der Waals surface area contributed by atoms with E-state index in [-0.39, 0.29) is 11.7 Å². The van der Waals surface area contributed by atoms with Crippen molar-refractivity contribution >= 4 is 33.7 Å². The van der Waals surface area contributed by atoms with Crippen LogP contribution < -0.4 is 8.90 Å². The van der Waals surface area contributed by atoms with Crippen LogP contribution in [0.3, 0.4) is 0 Å². The number of carbonyl (C=O) groups excluding carboxylic acids is 1. The van der Waals surface area contributed by atoms with Crippen molar-refractivity contribution in [3.05, 3.63) is 52.0 Å². The number of nitrogens with zero attached hydrogens (tertiary/aromatic N) is 3. The Bertz CT molecular complexity index is 891. The van der Waals surface area contributed by atoms with Crippen LogP contribution in [0.25, 0.3) is 0 Å². The zero-order valence-corrected chi connectivity index (χ0v) is 23.6. The Hall–Kier alpha value is -1.90. The standard InChI is InChI=1S/C13H13N4O3.3C4H9.Sn/c1-10-15-9-12(17(19)20)16(10)8-7-14-13(18)11-5-3-2-4-6-11;3*1-3-4-2;/h2-3,5-6,9H,7-8H2,1H3,(H,14,18);3*1,3-4H2,2H3;. The number of nitro groups is 1. The van der Waals surface area contributed by atoms with Gasteiger partial charge in [-0.15, -0.1) is 0 Å². The first-order valence-corrected chi connectivity index (χ1v) is 19.9. The molecule has 1 aromatic heterocycles. The van der Waals surface area contributed by atoms with Gasteiger partial charge >= 0.3 is 203 Å². The first kappa shape index (κ1) is 27.3. The van der Waals surface area contributed by atoms with Crippen LogP contribution >= 0.6 is 0 Å². The number of benzene rings is 1. The molecule has 0 unspecified atom stereocenters. The summed E-state index contributed by atoms with van der Waals surface area (Å²) in [7, 11) is 0. The quantitative estimate of drug-likeness (QED) is 0.174. The molecule has 0 atom stereocenters. The number of aromatic nitrogens is 2. The van der Waals surface area contributed by atoms with Gasteiger partial charge in [0, 0.05) is 0 Å². The van der Waals surface area contributed by atoms with Crippen LogP contribution in [0.5, 0.6) is 0 Å². The molecule has 0 spiro atoms. The number of carbonyl (C=O) groups is 1. The first-order chi connectivity index (χ1) is 15.9. The van der Waals surface area contributed by atoms with Crippen LogP contribution in [0.1, 0.15) is 75.5 Å². The van der Waals surface area contributed by atoms with Gasteiger partial charge in [-0.3, -0.25) is 0 Å². The van der Waals surface area contributed by atoms with E-state index in [9.17, 15) is 14.9 Å². The van der Waals surface area contributed by atoms with Crippen LogP contribution in [0.4, 0.5) is 5.82 Å². The maximum atomic E-state index is 13.0. The first-order valence-electron chi connectivity index (χ1n) is 12.4. The Morgan fingerprint density at radius 3 is 2.24 bits per heavy atom. The number of imidazole rings is 1. The Morgan fingerprint density at radius 2 is 1.70 bits per heavy atom. The molecule has 33 heavy (non-hydrogen) atoms. The third-order valence-corrected chi connectivity index (χ3v) is 22.2. The molecule has 7 nitrogen and oxygen atoms in total. The van der Waals surface area contributed by atoms with E-state index >= 15 is 0 Å². The average Bonchev–Trinajstić information content (AvgIpc) is 3.19. The van der Waals surface area contributed by atoms with Crippen molar-refractivity contribution in [1.82, 2.24) is 14.9 Å². The summed E-state index contributed by atoms with van der Waals surface area (Å²) < 4.78 is 7.09. The second-order valence-corrected chi connectivity index (χ2v) is 22.2. The minimum absolute atomic E-state index is 0.0506. The number of rotatable bonds is 15. The van der Waals surface area contributed by atoms with Gasteiger partial charge in [0.15, 0.2) is 0 Å². The number of hydrogen-bond donors (Lipinski definition) is 1. The van der Waals surface area contributed by atoms with Gasteiger partial charge in [0.25, 0.3) is 0 Å². The number of unbranched alkanes of at least 4 members (excludes halogenated alkanes) is 3. The summed E-state index contributed by atoms with van der Waals surface area (Å²) >= 11 is -2.60. The zero-order valence-electron chi connectivity index (χ0n) is 20.7. The molecule has 0 aliphatic carbocycles. The van der Waals surface area contributed by atoms with E-state index < -0.39 is 23.3 Å². The molecule has 0 radical (unpaired) electrons. The Kier molecular flexibility index (Phi) is 11.4. The molecule has 2 rings (SSSR count). The summed E-state index contributed by atoms with van der Waals surface area (Å²) in [6, 6.07) is 8.38. The van der Waals surface area contributed by atoms with Gasteiger partial charge in [-0.05, 0) is 0 Å². The van der Waals surface area contributed by atoms with Crippen molar-refractivity contribution in [2.45, 2.75) is 86.1 Å². The predicted octanol–water partition coefficient (Wildman–Crippen LogP) is 5.59. The Labute approximate surface area is 202 Å². The fourth-order valence-corrected chi connectivity index (χ4v) is 20.6. The maximum absolute atomic E-state index is 13.0. The molecule has 1 N–H and O–H groups in total. The molecule has 0 aliphatic rings. The second-order valence-electron chi connectivity index (χ2n) is 9.00. The van der Waals surface area contributed by atoms with Crippen LogP contribution in [-0.2, 0) is 6.54 Å². The SMILES string of the molecule is CCC[CH2][Sn]([CH2]CCC)([CH2]CCC)[c]1cccc(C(=O)NCCn2c([N+](=O)[O-])cnc2C)c1. The van der Waals surface area contributed by atoms with Crippen LogP contribution in [0.15, 0.2) is 30.5 Å². The summed E-state index contributed by atoms with van der Waals surface area (Å²) in [5, 5.41) is 14.1. The third kappa shape index (κ3) is 7.55. The van der Waals surface area contributed by atoms with Crippen LogP contribution in [-0.4, -0.2) is 45.3 Å². The van der Waals surface area contributed by atoms with Gasteiger partial charge in [0.05, 0.1) is 0 Å². The minimum atomic E-state index is -2.60. The van der Waals surface area contributed by atoms with E-state index in [1.165, 1.54) is 66.2 Å². The molecular formula is C25H40N4O3Sn. The number of aryl methyl sites for hydroxylation is 1. The fourth-order valence-electron chi connectivity index (χ4n) is 4.61. The van der Waals surface area contributed by atoms with Gasteiger partial charge in [0.1, 0.15) is 0 Å². The van der Waals surface area contributed by atoms with Crippen molar-refractivity contribution in [1.29, 1.82) is 0 Å². The van der Waals surface area contributed by atoms with Crippen LogP contribution in [0.2, 0.25) is 13.3 Å². The Morgan fingerprint density at radius 1 is 1.09 bits per heavy atom. The van der Waals surface area contributed by atoms with Crippen LogP contribution in [0, 0.1) is 17.0 Å². The molecule has 1 amide bonds. The zero-order chi connectivity index (χ0) is 24.3. The van der Waals surface area contributed by atoms with Crippen molar-refractivity contribution in [2.24, 2.45) is 0 Å². The fraction of sp³-hybridized carbons (Fsp3) is 0.600. The summed E-state index contributed by atoms with van der Waals surface area (Å²) in [6.45, 7) is 9.18. The topological polar surface area (TPSA) is 90.1 Å². The molecule has 2 aromatic rings. The third-order valence-electron chi connectivity index (χ3n) is 6.61. The van der Waals surface area contributed by atoms with E-state index in [0.717, 1.165) is 0 Å². The van der Waals surface area contributed by atoms with E-state index in [0.29, 0.717) is 24.5 Å². The van der Waals surface area contributed by atoms with Crippen molar-refractivity contribution in [2.75, 3.05) is 6.54 Å². The van der Waals surface area contributed by atoms with E-state index in [2.05, 4.69) is 43.2 Å². The molecule has 1 aromatic carbocycles. The van der Waals surface area contributed by atoms with Gasteiger partial charge in [-0.25, -0.2) is 0 Å². The Balaban J connectivity index is 2.18. The number of hydrogen-bond acceptors (Lipinski definition) is 4. The molecule has 0 bridgehead atoms. The molecule has 8 heteroatoms. The summed E-state index contributed by atoms with van der Waals surface area (Å²) in [5.41, 5.74) is 0.704. The summed E-state index contributed by atoms with van der Waals surface area (Å²) in [5.74, 6) is 0.406. The molecule has 182 valence electrons. The van der Waals surface area contributed by atoms with Gasteiger partial charge in [-0.2, -0.15) is 0 Å². The molecule has 1 heterocycles. The van der Waals surface area contributed by atoms with E-state index in [4.69, 9.17) is 0 Å². The normalized spacial score (nSPS) is 11.5.